The number of ether oxygens (including phenoxy) is 1. The molecule has 3 heterocycles. The molecule has 1 aliphatic rings. The number of carbonyl (C=O) groups excluding carboxylic acids is 1. The molecule has 0 aliphatic carbocycles. The third-order valence-electron chi connectivity index (χ3n) is 4.68. The molecule has 3 rings (SSSR count). The van der Waals surface area contributed by atoms with Gasteiger partial charge in [0.1, 0.15) is 0 Å². The van der Waals surface area contributed by atoms with E-state index in [2.05, 4.69) is 17.0 Å². The molecule has 0 bridgehead atoms. The van der Waals surface area contributed by atoms with Gasteiger partial charge in [-0.25, -0.2) is 0 Å². The van der Waals surface area contributed by atoms with Gasteiger partial charge in [-0.05, 0) is 37.0 Å². The molecule has 6 nitrogen and oxygen atoms in total. The Bertz CT molecular complexity index is 695. The van der Waals surface area contributed by atoms with Gasteiger partial charge >= 0.3 is 0 Å². The van der Waals surface area contributed by atoms with E-state index in [9.17, 15) is 4.79 Å². The molecule has 6 heteroatoms. The molecule has 0 spiro atoms. The van der Waals surface area contributed by atoms with Gasteiger partial charge in [0.05, 0.1) is 23.9 Å². The summed E-state index contributed by atoms with van der Waals surface area (Å²) in [7, 11) is 3.61. The Hall–Kier alpha value is -2.21. The van der Waals surface area contributed by atoms with Crippen LogP contribution in [-0.4, -0.2) is 51.4 Å². The Balaban J connectivity index is 1.79. The molecule has 1 amide bonds. The standard InChI is InChI=1S/C18H24N4O2/c1-4-15-6-5-14(11-19-15)18(23)22-8-7-17(24-3)16(22)9-13-10-20-21(2)12-13/h5-6,10-12,16-17H,4,7-9H2,1-3H3/t16-,17-/m0/s1. The van der Waals surface area contributed by atoms with E-state index in [0.717, 1.165) is 30.5 Å². The predicted molar refractivity (Wildman–Crippen MR) is 90.8 cm³/mol. The number of carbonyl (C=O) groups is 1. The molecule has 0 saturated carbocycles. The van der Waals surface area contributed by atoms with E-state index in [1.165, 1.54) is 0 Å². The third kappa shape index (κ3) is 3.33. The van der Waals surface area contributed by atoms with E-state index in [4.69, 9.17) is 4.74 Å². The van der Waals surface area contributed by atoms with Crippen molar-refractivity contribution in [3.05, 3.63) is 47.5 Å². The Labute approximate surface area is 142 Å². The zero-order valence-corrected chi connectivity index (χ0v) is 14.5. The summed E-state index contributed by atoms with van der Waals surface area (Å²) in [5.74, 6) is 0.0265. The number of nitrogens with zero attached hydrogens (tertiary/aromatic N) is 4. The van der Waals surface area contributed by atoms with E-state index in [1.807, 2.05) is 36.5 Å². The molecular weight excluding hydrogens is 304 g/mol. The highest BCUT2D eigenvalue weighted by atomic mass is 16.5. The van der Waals surface area contributed by atoms with E-state index < -0.39 is 0 Å². The zero-order chi connectivity index (χ0) is 17.1. The minimum Gasteiger partial charge on any atom is -0.379 e. The fraction of sp³-hybridized carbons (Fsp3) is 0.500. The Morgan fingerprint density at radius 1 is 1.38 bits per heavy atom. The number of aryl methyl sites for hydroxylation is 2. The summed E-state index contributed by atoms with van der Waals surface area (Å²) in [6.45, 7) is 2.76. The maximum atomic E-state index is 12.9. The van der Waals surface area contributed by atoms with E-state index >= 15 is 0 Å². The van der Waals surface area contributed by atoms with Crippen LogP contribution in [0.25, 0.3) is 0 Å². The second kappa shape index (κ2) is 7.13. The molecular formula is C18H24N4O2. The molecule has 0 aromatic carbocycles. The maximum Gasteiger partial charge on any atom is 0.255 e. The number of methoxy groups -OCH3 is 1. The SMILES string of the molecule is CCc1ccc(C(=O)N2CC[C@H](OC)[C@@H]2Cc2cnn(C)c2)cn1. The average Bonchev–Trinajstić information content (AvgIpc) is 3.20. The van der Waals surface area contributed by atoms with Crippen LogP contribution in [0.15, 0.2) is 30.7 Å². The normalized spacial score (nSPS) is 20.5. The Morgan fingerprint density at radius 3 is 2.79 bits per heavy atom. The second-order valence-corrected chi connectivity index (χ2v) is 6.25. The highest BCUT2D eigenvalue weighted by Crippen LogP contribution is 2.25. The Kier molecular flexibility index (Phi) is 4.94. The molecule has 2 atom stereocenters. The number of aromatic nitrogens is 3. The highest BCUT2D eigenvalue weighted by molar-refractivity contribution is 5.94. The van der Waals surface area contributed by atoms with Gasteiger partial charge in [0.15, 0.2) is 0 Å². The number of hydrogen-bond acceptors (Lipinski definition) is 4. The van der Waals surface area contributed by atoms with Gasteiger partial charge in [-0.3, -0.25) is 14.5 Å². The van der Waals surface area contributed by atoms with Crippen molar-refractivity contribution in [2.75, 3.05) is 13.7 Å². The number of likely N-dealkylation sites (tertiary alicyclic amines) is 1. The van der Waals surface area contributed by atoms with Crippen LogP contribution in [0.2, 0.25) is 0 Å². The number of pyridine rings is 1. The maximum absolute atomic E-state index is 12.9. The molecule has 0 unspecified atom stereocenters. The van der Waals surface area contributed by atoms with Gasteiger partial charge in [0, 0.05) is 38.8 Å². The molecule has 0 N–H and O–H groups in total. The van der Waals surface area contributed by atoms with Crippen LogP contribution >= 0.6 is 0 Å². The van der Waals surface area contributed by atoms with Crippen molar-refractivity contribution in [1.29, 1.82) is 0 Å². The fourth-order valence-electron chi connectivity index (χ4n) is 3.34. The number of amides is 1. The number of rotatable bonds is 5. The lowest BCUT2D eigenvalue weighted by molar-refractivity contribution is 0.0508. The Morgan fingerprint density at radius 2 is 2.21 bits per heavy atom. The second-order valence-electron chi connectivity index (χ2n) is 6.25. The fourth-order valence-corrected chi connectivity index (χ4v) is 3.34. The first-order chi connectivity index (χ1) is 11.6. The van der Waals surface area contributed by atoms with Crippen molar-refractivity contribution in [3.63, 3.8) is 0 Å². The van der Waals surface area contributed by atoms with Crippen molar-refractivity contribution < 1.29 is 9.53 Å². The van der Waals surface area contributed by atoms with Gasteiger partial charge in [-0.2, -0.15) is 5.10 Å². The first kappa shape index (κ1) is 16.6. The van der Waals surface area contributed by atoms with Crippen LogP contribution in [0.5, 0.6) is 0 Å². The molecule has 2 aromatic rings. The largest absolute Gasteiger partial charge is 0.379 e. The van der Waals surface area contributed by atoms with Gasteiger partial charge in [-0.1, -0.05) is 6.92 Å². The topological polar surface area (TPSA) is 60.3 Å². The predicted octanol–water partition coefficient (Wildman–Crippen LogP) is 1.85. The monoisotopic (exact) mass is 328 g/mol. The van der Waals surface area contributed by atoms with E-state index in [0.29, 0.717) is 12.1 Å². The smallest absolute Gasteiger partial charge is 0.255 e. The minimum absolute atomic E-state index is 0.0255. The van der Waals surface area contributed by atoms with Crippen LogP contribution in [0.1, 0.15) is 35.0 Å². The summed E-state index contributed by atoms with van der Waals surface area (Å²) in [5.41, 5.74) is 2.75. The van der Waals surface area contributed by atoms with Crippen molar-refractivity contribution in [2.45, 2.75) is 38.3 Å². The van der Waals surface area contributed by atoms with Crippen molar-refractivity contribution in [2.24, 2.45) is 7.05 Å². The molecule has 1 fully saturated rings. The van der Waals surface area contributed by atoms with Crippen LogP contribution in [0, 0.1) is 0 Å². The molecule has 1 aliphatic heterocycles. The minimum atomic E-state index is 0.0255. The zero-order valence-electron chi connectivity index (χ0n) is 14.5. The third-order valence-corrected chi connectivity index (χ3v) is 4.68. The van der Waals surface area contributed by atoms with Gasteiger partial charge in [0.25, 0.3) is 5.91 Å². The quantitative estimate of drug-likeness (QED) is 0.840. The van der Waals surface area contributed by atoms with Gasteiger partial charge in [0.2, 0.25) is 0 Å². The lowest BCUT2D eigenvalue weighted by Gasteiger charge is -2.27. The lowest BCUT2D eigenvalue weighted by Crippen LogP contribution is -2.41. The van der Waals surface area contributed by atoms with E-state index in [1.54, 1.807) is 18.0 Å². The average molecular weight is 328 g/mol. The van der Waals surface area contributed by atoms with Gasteiger partial charge in [-0.15, -0.1) is 0 Å². The molecule has 0 radical (unpaired) electrons. The molecule has 2 aromatic heterocycles. The van der Waals surface area contributed by atoms with Crippen molar-refractivity contribution in [1.82, 2.24) is 19.7 Å². The number of hydrogen-bond donors (Lipinski definition) is 0. The van der Waals surface area contributed by atoms with Crippen LogP contribution < -0.4 is 0 Å². The summed E-state index contributed by atoms with van der Waals surface area (Å²) in [6, 6.07) is 3.82. The summed E-state index contributed by atoms with van der Waals surface area (Å²) >= 11 is 0. The highest BCUT2D eigenvalue weighted by Gasteiger charge is 2.37. The molecule has 128 valence electrons. The lowest BCUT2D eigenvalue weighted by atomic mass is 10.0. The molecule has 24 heavy (non-hydrogen) atoms. The van der Waals surface area contributed by atoms with Crippen LogP contribution in [-0.2, 0) is 24.6 Å². The molecule has 1 saturated heterocycles. The summed E-state index contributed by atoms with van der Waals surface area (Å²) < 4.78 is 7.40. The summed E-state index contributed by atoms with van der Waals surface area (Å²) in [4.78, 5) is 19.2. The van der Waals surface area contributed by atoms with Crippen LogP contribution in [0.4, 0.5) is 0 Å². The van der Waals surface area contributed by atoms with Crippen LogP contribution in [0.3, 0.4) is 0 Å². The van der Waals surface area contributed by atoms with Crippen molar-refractivity contribution >= 4 is 5.91 Å². The first-order valence-corrected chi connectivity index (χ1v) is 8.38. The van der Waals surface area contributed by atoms with E-state index in [-0.39, 0.29) is 18.1 Å². The van der Waals surface area contributed by atoms with Crippen molar-refractivity contribution in [3.8, 4) is 0 Å². The van der Waals surface area contributed by atoms with Gasteiger partial charge < -0.3 is 9.64 Å². The summed E-state index contributed by atoms with van der Waals surface area (Å²) in [5, 5.41) is 4.22. The summed E-state index contributed by atoms with van der Waals surface area (Å²) in [6.07, 6.45) is 8.05. The first-order valence-electron chi connectivity index (χ1n) is 8.38.